The van der Waals surface area contributed by atoms with E-state index in [2.05, 4.69) is 36.4 Å². The van der Waals surface area contributed by atoms with Crippen molar-refractivity contribution in [2.45, 2.75) is 57.5 Å². The van der Waals surface area contributed by atoms with Gasteiger partial charge in [-0.05, 0) is 34.8 Å². The molecule has 0 spiro atoms. The van der Waals surface area contributed by atoms with E-state index in [1.54, 1.807) is 4.57 Å². The van der Waals surface area contributed by atoms with Crippen molar-refractivity contribution in [2.75, 3.05) is 0 Å². The van der Waals surface area contributed by atoms with Crippen molar-refractivity contribution in [3.8, 4) is 0 Å². The first-order valence-electron chi connectivity index (χ1n) is 12.5. The first-order chi connectivity index (χ1) is 16.7. The lowest BCUT2D eigenvalue weighted by atomic mass is 9.93. The zero-order valence-electron chi connectivity index (χ0n) is 19.8. The number of urea groups is 1. The fraction of sp³-hybridized carbons (Fsp3) is 0.310. The van der Waals surface area contributed by atoms with Gasteiger partial charge in [0.05, 0.1) is 0 Å². The monoisotopic (exact) mass is 468 g/mol. The summed E-state index contributed by atoms with van der Waals surface area (Å²) in [5.41, 5.74) is 0. The molecular weight excluding hydrogens is 436 g/mol. The molecule has 1 heterocycles. The maximum Gasteiger partial charge on any atom is 0.320 e. The molecular formula is C29H32N2O2Si. The van der Waals surface area contributed by atoms with E-state index in [1.165, 1.54) is 6.42 Å². The molecule has 4 nitrogen and oxygen atoms in total. The van der Waals surface area contributed by atoms with Crippen LogP contribution in [-0.4, -0.2) is 41.7 Å². The van der Waals surface area contributed by atoms with Crippen molar-refractivity contribution < 1.29 is 9.59 Å². The largest absolute Gasteiger partial charge is 0.320 e. The van der Waals surface area contributed by atoms with Gasteiger partial charge in [0, 0.05) is 6.04 Å². The van der Waals surface area contributed by atoms with Crippen LogP contribution in [0.3, 0.4) is 0 Å². The Balaban J connectivity index is 1.77. The maximum atomic E-state index is 14.4. The number of carbonyl (C=O) groups is 2. The Bertz CT molecular complexity index is 1030. The summed E-state index contributed by atoms with van der Waals surface area (Å²) >= 11 is 0. The van der Waals surface area contributed by atoms with Crippen molar-refractivity contribution in [1.82, 2.24) is 9.47 Å². The topological polar surface area (TPSA) is 40.6 Å². The first-order valence-corrected chi connectivity index (χ1v) is 14.5. The Morgan fingerprint density at radius 2 is 1.15 bits per heavy atom. The predicted molar refractivity (Wildman–Crippen MR) is 139 cm³/mol. The lowest BCUT2D eigenvalue weighted by Crippen LogP contribution is -2.78. The average molecular weight is 469 g/mol. The molecule has 1 saturated carbocycles. The molecule has 2 aliphatic rings. The van der Waals surface area contributed by atoms with Crippen molar-refractivity contribution in [3.63, 3.8) is 0 Å². The van der Waals surface area contributed by atoms with E-state index >= 15 is 0 Å². The summed E-state index contributed by atoms with van der Waals surface area (Å²) in [7, 11) is -3.19. The highest BCUT2D eigenvalue weighted by atomic mass is 28.3. The molecule has 5 rings (SSSR count). The van der Waals surface area contributed by atoms with Gasteiger partial charge in [0.25, 0.3) is 8.24 Å². The van der Waals surface area contributed by atoms with Crippen molar-refractivity contribution in [2.24, 2.45) is 0 Å². The van der Waals surface area contributed by atoms with E-state index in [4.69, 9.17) is 0 Å². The number of imide groups is 1. The molecule has 2 fully saturated rings. The molecule has 3 amide bonds. The summed E-state index contributed by atoms with van der Waals surface area (Å²) in [6.07, 6.45) is 6.07. The molecule has 1 aliphatic heterocycles. The number of carbonyl (C=O) groups excluding carboxylic acids is 2. The average Bonchev–Trinajstić information content (AvgIpc) is 3.16. The second-order valence-electron chi connectivity index (χ2n) is 9.39. The standard InChI is InChI=1S/C29H32N2O2Si/c1-2-27-28(32)31(29(33)30(27)23-15-7-3-8-16-23)34(24-17-9-4-10-18-24,25-19-11-5-12-20-25)26-21-13-6-14-22-26/h4-6,9-14,17-23,27H,2-3,7-8,15-16H2,1H3. The molecule has 1 aliphatic carbocycles. The summed E-state index contributed by atoms with van der Waals surface area (Å²) < 4.78 is 1.72. The van der Waals surface area contributed by atoms with Gasteiger partial charge in [-0.2, -0.15) is 0 Å². The molecule has 34 heavy (non-hydrogen) atoms. The second kappa shape index (κ2) is 9.59. The highest BCUT2D eigenvalue weighted by Crippen LogP contribution is 2.33. The van der Waals surface area contributed by atoms with Gasteiger partial charge in [0.2, 0.25) is 5.91 Å². The molecule has 0 aromatic heterocycles. The summed E-state index contributed by atoms with van der Waals surface area (Å²) in [6, 6.07) is 30.3. The Morgan fingerprint density at radius 3 is 1.56 bits per heavy atom. The van der Waals surface area contributed by atoms with Gasteiger partial charge in [-0.25, -0.2) is 4.79 Å². The van der Waals surface area contributed by atoms with Crippen LogP contribution in [0.1, 0.15) is 45.4 Å². The number of amides is 3. The molecule has 3 aromatic carbocycles. The molecule has 1 unspecified atom stereocenters. The minimum absolute atomic E-state index is 0.0405. The highest BCUT2D eigenvalue weighted by Gasteiger charge is 2.59. The van der Waals surface area contributed by atoms with Crippen LogP contribution in [-0.2, 0) is 4.79 Å². The van der Waals surface area contributed by atoms with Crippen molar-refractivity contribution in [1.29, 1.82) is 0 Å². The van der Waals surface area contributed by atoms with E-state index in [1.807, 2.05) is 66.4 Å². The van der Waals surface area contributed by atoms with Crippen LogP contribution < -0.4 is 15.6 Å². The smallest absolute Gasteiger partial charge is 0.310 e. The third kappa shape index (κ3) is 3.59. The van der Waals surface area contributed by atoms with Gasteiger partial charge >= 0.3 is 6.03 Å². The normalized spacial score (nSPS) is 19.6. The van der Waals surface area contributed by atoms with Crippen LogP contribution in [0.5, 0.6) is 0 Å². The van der Waals surface area contributed by atoms with E-state index in [-0.39, 0.29) is 18.0 Å². The molecule has 1 atom stereocenters. The van der Waals surface area contributed by atoms with Gasteiger partial charge in [-0.3, -0.25) is 9.36 Å². The Morgan fingerprint density at radius 1 is 0.706 bits per heavy atom. The third-order valence-electron chi connectivity index (χ3n) is 7.52. The van der Waals surface area contributed by atoms with Crippen LogP contribution >= 0.6 is 0 Å². The van der Waals surface area contributed by atoms with Crippen LogP contribution in [0.2, 0.25) is 0 Å². The fourth-order valence-corrected chi connectivity index (χ4v) is 10.7. The lowest BCUT2D eigenvalue weighted by Gasteiger charge is -2.40. The zero-order chi connectivity index (χ0) is 23.5. The summed E-state index contributed by atoms with van der Waals surface area (Å²) in [6.45, 7) is 2.03. The van der Waals surface area contributed by atoms with Crippen molar-refractivity contribution >= 4 is 35.7 Å². The Kier molecular flexibility index (Phi) is 6.37. The first kappa shape index (κ1) is 22.6. The minimum atomic E-state index is -3.19. The van der Waals surface area contributed by atoms with Gasteiger partial charge < -0.3 is 4.90 Å². The predicted octanol–water partition coefficient (Wildman–Crippen LogP) is 4.03. The van der Waals surface area contributed by atoms with Gasteiger partial charge in [-0.1, -0.05) is 117 Å². The highest BCUT2D eigenvalue weighted by molar-refractivity contribution is 7.11. The maximum absolute atomic E-state index is 14.4. The lowest BCUT2D eigenvalue weighted by molar-refractivity contribution is -0.126. The van der Waals surface area contributed by atoms with Gasteiger partial charge in [0.15, 0.2) is 0 Å². The molecule has 174 valence electrons. The van der Waals surface area contributed by atoms with E-state index in [9.17, 15) is 9.59 Å². The van der Waals surface area contributed by atoms with Gasteiger partial charge in [-0.15, -0.1) is 0 Å². The Labute approximate surface area is 203 Å². The summed E-state index contributed by atoms with van der Waals surface area (Å²) in [5, 5.41) is 3.15. The second-order valence-corrected chi connectivity index (χ2v) is 13.0. The molecule has 0 bridgehead atoms. The number of nitrogens with zero attached hydrogens (tertiary/aromatic N) is 2. The molecule has 1 saturated heterocycles. The van der Waals surface area contributed by atoms with Crippen LogP contribution in [0, 0.1) is 0 Å². The summed E-state index contributed by atoms with van der Waals surface area (Å²) in [5.74, 6) is -0.0405. The molecule has 3 aromatic rings. The molecule has 5 heteroatoms. The quantitative estimate of drug-likeness (QED) is 0.311. The number of rotatable bonds is 6. The zero-order valence-corrected chi connectivity index (χ0v) is 20.8. The fourth-order valence-electron chi connectivity index (χ4n) is 5.99. The van der Waals surface area contributed by atoms with Gasteiger partial charge in [0.1, 0.15) is 6.04 Å². The minimum Gasteiger partial charge on any atom is -0.310 e. The number of hydrogen-bond donors (Lipinski definition) is 0. The summed E-state index contributed by atoms with van der Waals surface area (Å²) in [4.78, 5) is 30.6. The third-order valence-corrected chi connectivity index (χ3v) is 12.1. The van der Waals surface area contributed by atoms with E-state index in [0.717, 1.165) is 41.2 Å². The van der Waals surface area contributed by atoms with Crippen LogP contribution in [0.15, 0.2) is 91.0 Å². The van der Waals surface area contributed by atoms with Crippen LogP contribution in [0.25, 0.3) is 0 Å². The molecule has 0 radical (unpaired) electrons. The molecule has 0 N–H and O–H groups in total. The van der Waals surface area contributed by atoms with Crippen molar-refractivity contribution in [3.05, 3.63) is 91.0 Å². The van der Waals surface area contributed by atoms with E-state index in [0.29, 0.717) is 6.42 Å². The van der Waals surface area contributed by atoms with Crippen LogP contribution in [0.4, 0.5) is 4.79 Å². The Hall–Kier alpha value is -3.18. The van der Waals surface area contributed by atoms with E-state index < -0.39 is 14.3 Å². The number of hydrogen-bond acceptors (Lipinski definition) is 2. The SMILES string of the molecule is CCC1C(=O)N([Si](c2ccccc2)(c2ccccc2)c2ccccc2)C(=O)N1C1CCCCC1. The number of benzene rings is 3.